The summed E-state index contributed by atoms with van der Waals surface area (Å²) in [7, 11) is 0. The van der Waals surface area contributed by atoms with Gasteiger partial charge in [-0.05, 0) is 75.5 Å². The number of halogens is 3. The van der Waals surface area contributed by atoms with Crippen molar-refractivity contribution in [3.8, 4) is 0 Å². The highest BCUT2D eigenvalue weighted by Gasteiger charge is 2.30. The Morgan fingerprint density at radius 2 is 1.82 bits per heavy atom. The van der Waals surface area contributed by atoms with E-state index in [0.29, 0.717) is 54.5 Å². The van der Waals surface area contributed by atoms with Crippen LogP contribution in [0.15, 0.2) is 42.5 Å². The Bertz CT molecular complexity index is 980. The van der Waals surface area contributed by atoms with Crippen molar-refractivity contribution in [3.63, 3.8) is 0 Å². The monoisotopic (exact) mass is 493 g/mol. The fourth-order valence-electron chi connectivity index (χ4n) is 4.15. The van der Waals surface area contributed by atoms with E-state index in [1.165, 1.54) is 6.07 Å². The van der Waals surface area contributed by atoms with Gasteiger partial charge in [0.25, 0.3) is 0 Å². The molecule has 1 aliphatic rings. The average Bonchev–Trinajstić information content (AvgIpc) is 2.79. The van der Waals surface area contributed by atoms with E-state index >= 15 is 0 Å². The molecule has 0 bridgehead atoms. The second-order valence-corrected chi connectivity index (χ2v) is 9.36. The molecule has 0 aliphatic carbocycles. The predicted octanol–water partition coefficient (Wildman–Crippen LogP) is 4.77. The molecule has 2 atom stereocenters. The van der Waals surface area contributed by atoms with Gasteiger partial charge >= 0.3 is 0 Å². The average molecular weight is 494 g/mol. The molecule has 5 nitrogen and oxygen atoms in total. The van der Waals surface area contributed by atoms with E-state index in [-0.39, 0.29) is 35.6 Å². The minimum atomic E-state index is -0.316. The molecular weight excluding hydrogens is 464 g/mol. The van der Waals surface area contributed by atoms with Crippen molar-refractivity contribution in [2.75, 3.05) is 19.6 Å². The van der Waals surface area contributed by atoms with Gasteiger partial charge in [0.15, 0.2) is 0 Å². The SMILES string of the molecule is CC(NC(=O)C(C)N1CCC(C(=O)NCCc2ccccc2F)CC1)c1ccc(Cl)cc1Cl. The summed E-state index contributed by atoms with van der Waals surface area (Å²) in [6.45, 7) is 5.49. The highest BCUT2D eigenvalue weighted by Crippen LogP contribution is 2.26. The van der Waals surface area contributed by atoms with Crippen LogP contribution in [0.2, 0.25) is 10.0 Å². The number of hydrogen-bond donors (Lipinski definition) is 2. The van der Waals surface area contributed by atoms with Crippen LogP contribution in [0.4, 0.5) is 4.39 Å². The lowest BCUT2D eigenvalue weighted by molar-refractivity contribution is -0.129. The molecule has 33 heavy (non-hydrogen) atoms. The van der Waals surface area contributed by atoms with E-state index in [0.717, 1.165) is 5.56 Å². The van der Waals surface area contributed by atoms with Crippen molar-refractivity contribution < 1.29 is 14.0 Å². The first-order chi connectivity index (χ1) is 15.8. The molecule has 0 aromatic heterocycles. The van der Waals surface area contributed by atoms with Gasteiger partial charge in [-0.2, -0.15) is 0 Å². The van der Waals surface area contributed by atoms with Crippen molar-refractivity contribution in [1.29, 1.82) is 0 Å². The number of carbonyl (C=O) groups excluding carboxylic acids is 2. The van der Waals surface area contributed by atoms with Crippen molar-refractivity contribution in [2.45, 2.75) is 45.2 Å². The highest BCUT2D eigenvalue weighted by molar-refractivity contribution is 6.35. The van der Waals surface area contributed by atoms with Crippen molar-refractivity contribution in [3.05, 3.63) is 69.5 Å². The summed E-state index contributed by atoms with van der Waals surface area (Å²) < 4.78 is 13.7. The third-order valence-corrected chi connectivity index (χ3v) is 6.83. The van der Waals surface area contributed by atoms with Gasteiger partial charge in [-0.1, -0.05) is 47.5 Å². The predicted molar refractivity (Wildman–Crippen MR) is 130 cm³/mol. The normalized spacial score (nSPS) is 16.8. The van der Waals surface area contributed by atoms with Crippen LogP contribution in [0.25, 0.3) is 0 Å². The summed E-state index contributed by atoms with van der Waals surface area (Å²) in [5.74, 6) is -0.431. The molecular formula is C25H30Cl2FN3O2. The molecule has 2 aromatic rings. The van der Waals surface area contributed by atoms with E-state index in [4.69, 9.17) is 23.2 Å². The molecule has 0 radical (unpaired) electrons. The Morgan fingerprint density at radius 3 is 2.48 bits per heavy atom. The minimum absolute atomic E-state index is 0.00547. The Kier molecular flexibility index (Phi) is 9.12. The molecule has 2 amide bonds. The lowest BCUT2D eigenvalue weighted by Crippen LogP contribution is -2.50. The first kappa shape index (κ1) is 25.5. The van der Waals surface area contributed by atoms with Crippen LogP contribution in [0, 0.1) is 11.7 Å². The summed E-state index contributed by atoms with van der Waals surface area (Å²) in [6.07, 6.45) is 1.83. The van der Waals surface area contributed by atoms with Crippen molar-refractivity contribution >= 4 is 35.0 Å². The zero-order valence-electron chi connectivity index (χ0n) is 18.9. The van der Waals surface area contributed by atoms with Gasteiger partial charge in [-0.3, -0.25) is 14.5 Å². The molecule has 2 aromatic carbocycles. The van der Waals surface area contributed by atoms with Gasteiger partial charge in [0, 0.05) is 22.5 Å². The second kappa shape index (κ2) is 11.8. The molecule has 1 saturated heterocycles. The van der Waals surface area contributed by atoms with E-state index in [2.05, 4.69) is 15.5 Å². The maximum Gasteiger partial charge on any atom is 0.237 e. The van der Waals surface area contributed by atoms with Gasteiger partial charge < -0.3 is 10.6 Å². The number of amides is 2. The van der Waals surface area contributed by atoms with E-state index in [1.807, 2.05) is 19.9 Å². The van der Waals surface area contributed by atoms with Gasteiger partial charge in [-0.15, -0.1) is 0 Å². The van der Waals surface area contributed by atoms with Crippen LogP contribution in [-0.2, 0) is 16.0 Å². The molecule has 0 saturated carbocycles. The molecule has 2 N–H and O–H groups in total. The number of rotatable bonds is 8. The zero-order chi connectivity index (χ0) is 24.0. The lowest BCUT2D eigenvalue weighted by Gasteiger charge is -2.35. The number of likely N-dealkylation sites (tertiary alicyclic amines) is 1. The number of hydrogen-bond acceptors (Lipinski definition) is 3. The Morgan fingerprint density at radius 1 is 1.12 bits per heavy atom. The number of nitrogens with zero attached hydrogens (tertiary/aromatic N) is 1. The van der Waals surface area contributed by atoms with Gasteiger partial charge in [0.1, 0.15) is 5.82 Å². The smallest absolute Gasteiger partial charge is 0.237 e. The largest absolute Gasteiger partial charge is 0.356 e. The topological polar surface area (TPSA) is 61.4 Å². The molecule has 3 rings (SSSR count). The summed E-state index contributed by atoms with van der Waals surface area (Å²) in [4.78, 5) is 27.4. The molecule has 0 spiro atoms. The van der Waals surface area contributed by atoms with E-state index < -0.39 is 0 Å². The van der Waals surface area contributed by atoms with Crippen LogP contribution >= 0.6 is 23.2 Å². The van der Waals surface area contributed by atoms with Crippen LogP contribution in [0.5, 0.6) is 0 Å². The maximum absolute atomic E-state index is 13.7. The summed E-state index contributed by atoms with van der Waals surface area (Å²) in [5.41, 5.74) is 1.41. The fourth-order valence-corrected chi connectivity index (χ4v) is 4.72. The Balaban J connectivity index is 1.43. The van der Waals surface area contributed by atoms with Crippen LogP contribution in [-0.4, -0.2) is 42.4 Å². The van der Waals surface area contributed by atoms with E-state index in [9.17, 15) is 14.0 Å². The first-order valence-corrected chi connectivity index (χ1v) is 12.0. The molecule has 1 aliphatic heterocycles. The number of nitrogens with one attached hydrogen (secondary N) is 2. The standard InChI is InChI=1S/C25H30Cl2FN3O2/c1-16(21-8-7-20(26)15-22(21)27)30-24(32)17(2)31-13-10-19(11-14-31)25(33)29-12-9-18-5-3-4-6-23(18)28/h3-8,15-17,19H,9-14H2,1-2H3,(H,29,33)(H,30,32). The van der Waals surface area contributed by atoms with Gasteiger partial charge in [0.05, 0.1) is 12.1 Å². The summed E-state index contributed by atoms with van der Waals surface area (Å²) in [6, 6.07) is 11.3. The fraction of sp³-hybridized carbons (Fsp3) is 0.440. The van der Waals surface area contributed by atoms with Crippen LogP contribution in [0.1, 0.15) is 43.9 Å². The van der Waals surface area contributed by atoms with Crippen LogP contribution < -0.4 is 10.6 Å². The third-order valence-electron chi connectivity index (χ3n) is 6.27. The summed E-state index contributed by atoms with van der Waals surface area (Å²) in [5, 5.41) is 7.01. The van der Waals surface area contributed by atoms with Crippen molar-refractivity contribution in [1.82, 2.24) is 15.5 Å². The minimum Gasteiger partial charge on any atom is -0.356 e. The van der Waals surface area contributed by atoms with E-state index in [1.54, 1.807) is 30.3 Å². The molecule has 2 unspecified atom stereocenters. The zero-order valence-corrected chi connectivity index (χ0v) is 20.4. The Hall–Kier alpha value is -2.15. The van der Waals surface area contributed by atoms with Crippen LogP contribution in [0.3, 0.4) is 0 Å². The number of benzene rings is 2. The van der Waals surface area contributed by atoms with Gasteiger partial charge in [-0.25, -0.2) is 4.39 Å². The highest BCUT2D eigenvalue weighted by atomic mass is 35.5. The second-order valence-electron chi connectivity index (χ2n) is 8.51. The molecule has 1 heterocycles. The maximum atomic E-state index is 13.7. The lowest BCUT2D eigenvalue weighted by atomic mass is 9.94. The first-order valence-electron chi connectivity index (χ1n) is 11.3. The Labute approximate surface area is 204 Å². The van der Waals surface area contributed by atoms with Crippen molar-refractivity contribution in [2.24, 2.45) is 5.92 Å². The molecule has 1 fully saturated rings. The number of piperidine rings is 1. The third kappa shape index (κ3) is 6.92. The summed E-state index contributed by atoms with van der Waals surface area (Å²) >= 11 is 12.2. The molecule has 8 heteroatoms. The van der Waals surface area contributed by atoms with Gasteiger partial charge in [0.2, 0.25) is 11.8 Å². The number of carbonyl (C=O) groups is 2. The molecule has 178 valence electrons. The quantitative estimate of drug-likeness (QED) is 0.556.